The molecule has 0 bridgehead atoms. The van der Waals surface area contributed by atoms with E-state index < -0.39 is 0 Å². The number of nitrogens with zero attached hydrogens (tertiary/aromatic N) is 5. The first kappa shape index (κ1) is 35.5. The third kappa shape index (κ3) is 5.90. The molecule has 0 fully saturated rings. The maximum atomic E-state index is 5.42. The van der Waals surface area contributed by atoms with Crippen LogP contribution in [0, 0.1) is 0 Å². The minimum atomic E-state index is 0.598. The summed E-state index contributed by atoms with van der Waals surface area (Å²) in [7, 11) is 0. The highest BCUT2D eigenvalue weighted by Crippen LogP contribution is 2.40. The van der Waals surface area contributed by atoms with Crippen molar-refractivity contribution < 1.29 is 0 Å². The fourth-order valence-electron chi connectivity index (χ4n) is 9.13. The molecule has 9 aromatic carbocycles. The second-order valence-electron chi connectivity index (χ2n) is 15.6. The number of hydrogen-bond acceptors (Lipinski definition) is 3. The molecule has 12 aromatic rings. The Bertz CT molecular complexity index is 3410. The van der Waals surface area contributed by atoms with Crippen LogP contribution in [-0.4, -0.2) is 24.1 Å². The lowest BCUT2D eigenvalue weighted by atomic mass is 10.0. The maximum Gasteiger partial charge on any atom is 0.166 e. The van der Waals surface area contributed by atoms with E-state index >= 15 is 0 Å². The Balaban J connectivity index is 1.08. The zero-order valence-corrected chi connectivity index (χ0v) is 33.6. The van der Waals surface area contributed by atoms with Crippen LogP contribution in [0.15, 0.2) is 224 Å². The van der Waals surface area contributed by atoms with Crippen molar-refractivity contribution in [3.8, 4) is 67.8 Å². The van der Waals surface area contributed by atoms with E-state index in [0.717, 1.165) is 50.1 Å². The molecule has 62 heavy (non-hydrogen) atoms. The van der Waals surface area contributed by atoms with E-state index in [-0.39, 0.29) is 0 Å². The molecule has 3 aromatic heterocycles. The molecule has 0 spiro atoms. The summed E-state index contributed by atoms with van der Waals surface area (Å²) in [6.07, 6.45) is 0. The van der Waals surface area contributed by atoms with Crippen LogP contribution < -0.4 is 0 Å². The molecule has 0 amide bonds. The molecular formula is C57H37N5. The molecule has 0 saturated heterocycles. The molecule has 3 heterocycles. The summed E-state index contributed by atoms with van der Waals surface area (Å²) in [5.74, 6) is 1.81. The summed E-state index contributed by atoms with van der Waals surface area (Å²) in [5, 5.41) is 4.75. The Morgan fingerprint density at radius 1 is 0.242 bits per heavy atom. The molecule has 0 aliphatic heterocycles. The summed E-state index contributed by atoms with van der Waals surface area (Å²) in [6.45, 7) is 0. The predicted molar refractivity (Wildman–Crippen MR) is 256 cm³/mol. The van der Waals surface area contributed by atoms with Crippen molar-refractivity contribution in [1.82, 2.24) is 24.1 Å². The summed E-state index contributed by atoms with van der Waals surface area (Å²) >= 11 is 0. The summed E-state index contributed by atoms with van der Waals surface area (Å²) in [5.41, 5.74) is 13.9. The molecular weight excluding hydrogens is 755 g/mol. The smallest absolute Gasteiger partial charge is 0.166 e. The van der Waals surface area contributed by atoms with Crippen molar-refractivity contribution in [2.75, 3.05) is 0 Å². The first-order valence-electron chi connectivity index (χ1n) is 21.0. The summed E-state index contributed by atoms with van der Waals surface area (Å²) < 4.78 is 4.71. The minimum Gasteiger partial charge on any atom is -0.309 e. The van der Waals surface area contributed by atoms with Gasteiger partial charge in [0.1, 0.15) is 0 Å². The maximum absolute atomic E-state index is 5.42. The van der Waals surface area contributed by atoms with Crippen LogP contribution in [0.5, 0.6) is 0 Å². The van der Waals surface area contributed by atoms with Gasteiger partial charge in [0.25, 0.3) is 0 Å². The van der Waals surface area contributed by atoms with Gasteiger partial charge >= 0.3 is 0 Å². The first-order chi connectivity index (χ1) is 30.8. The fourth-order valence-corrected chi connectivity index (χ4v) is 9.13. The zero-order chi connectivity index (χ0) is 41.0. The molecule has 0 radical (unpaired) electrons. The van der Waals surface area contributed by atoms with Gasteiger partial charge in [-0.1, -0.05) is 164 Å². The van der Waals surface area contributed by atoms with Crippen molar-refractivity contribution in [2.45, 2.75) is 0 Å². The lowest BCUT2D eigenvalue weighted by Crippen LogP contribution is -2.05. The van der Waals surface area contributed by atoms with Crippen LogP contribution in [0.1, 0.15) is 0 Å². The molecule has 5 nitrogen and oxygen atoms in total. The van der Waals surface area contributed by atoms with Gasteiger partial charge in [-0.15, -0.1) is 0 Å². The molecule has 0 saturated carbocycles. The highest BCUT2D eigenvalue weighted by molar-refractivity contribution is 6.12. The standard InChI is InChI=1S/C57H37N5/c1-4-18-38(19-5-1)41-32-34-53-47(36-41)43-24-10-14-28-49(43)61(53)51-30-16-12-26-45(51)56-58-55(40-22-8-3-9-23-40)59-57(60-56)46-27-13-17-31-52(46)62-50-29-15-11-25-44(50)48-37-42(33-35-54(48)62)39-20-6-2-7-21-39/h1-37H. The number of rotatable bonds is 7. The Morgan fingerprint density at radius 3 is 1.06 bits per heavy atom. The van der Waals surface area contributed by atoms with Crippen molar-refractivity contribution in [3.63, 3.8) is 0 Å². The molecule has 0 aliphatic carbocycles. The number of benzene rings is 9. The molecule has 12 rings (SSSR count). The Labute approximate surface area is 358 Å². The average molecular weight is 792 g/mol. The normalized spacial score (nSPS) is 11.5. The summed E-state index contributed by atoms with van der Waals surface area (Å²) in [6, 6.07) is 79.2. The van der Waals surface area contributed by atoms with Crippen molar-refractivity contribution >= 4 is 43.6 Å². The lowest BCUT2D eigenvalue weighted by molar-refractivity contribution is 1.06. The zero-order valence-electron chi connectivity index (χ0n) is 33.6. The van der Waals surface area contributed by atoms with E-state index in [1.54, 1.807) is 0 Å². The number of hydrogen-bond donors (Lipinski definition) is 0. The summed E-state index contributed by atoms with van der Waals surface area (Å²) in [4.78, 5) is 16.0. The van der Waals surface area contributed by atoms with E-state index in [0.29, 0.717) is 17.5 Å². The molecule has 5 heteroatoms. The molecule has 0 unspecified atom stereocenters. The van der Waals surface area contributed by atoms with E-state index in [2.05, 4.69) is 215 Å². The average Bonchev–Trinajstić information content (AvgIpc) is 3.87. The van der Waals surface area contributed by atoms with Crippen LogP contribution in [0.3, 0.4) is 0 Å². The second-order valence-corrected chi connectivity index (χ2v) is 15.6. The number of aromatic nitrogens is 5. The number of para-hydroxylation sites is 4. The van der Waals surface area contributed by atoms with Gasteiger partial charge in [-0.05, 0) is 82.9 Å². The minimum absolute atomic E-state index is 0.598. The van der Waals surface area contributed by atoms with Crippen LogP contribution in [0.4, 0.5) is 0 Å². The van der Waals surface area contributed by atoms with Gasteiger partial charge < -0.3 is 9.13 Å². The van der Waals surface area contributed by atoms with E-state index in [1.807, 2.05) is 18.2 Å². The van der Waals surface area contributed by atoms with E-state index in [1.165, 1.54) is 43.8 Å². The molecule has 0 N–H and O–H groups in total. The lowest BCUT2D eigenvalue weighted by Gasteiger charge is -2.16. The van der Waals surface area contributed by atoms with E-state index in [9.17, 15) is 0 Å². The van der Waals surface area contributed by atoms with Gasteiger partial charge in [0.05, 0.1) is 33.4 Å². The first-order valence-corrected chi connectivity index (χ1v) is 21.0. The van der Waals surface area contributed by atoms with Crippen LogP contribution in [0.25, 0.3) is 111 Å². The number of fused-ring (bicyclic) bond motifs is 6. The molecule has 0 aliphatic rings. The SMILES string of the molecule is c1ccc(-c2ccc3c(c2)c2ccccc2n3-c2ccccc2-c2nc(-c3ccccc3)nc(-c3ccccc3-n3c4ccccc4c4cc(-c5ccccc5)ccc43)n2)cc1. The van der Waals surface area contributed by atoms with E-state index in [4.69, 9.17) is 15.0 Å². The third-order valence-electron chi connectivity index (χ3n) is 12.0. The van der Waals surface area contributed by atoms with Gasteiger partial charge in [0.15, 0.2) is 17.5 Å². The second kappa shape index (κ2) is 14.7. The van der Waals surface area contributed by atoms with Crippen molar-refractivity contribution in [1.29, 1.82) is 0 Å². The predicted octanol–water partition coefficient (Wildman–Crippen LogP) is 14.4. The van der Waals surface area contributed by atoms with Gasteiger partial charge in [0, 0.05) is 38.2 Å². The van der Waals surface area contributed by atoms with Crippen LogP contribution >= 0.6 is 0 Å². The van der Waals surface area contributed by atoms with Gasteiger partial charge in [-0.3, -0.25) is 0 Å². The highest BCUT2D eigenvalue weighted by Gasteiger charge is 2.22. The van der Waals surface area contributed by atoms with Gasteiger partial charge in [-0.25, -0.2) is 15.0 Å². The quantitative estimate of drug-likeness (QED) is 0.162. The molecule has 0 atom stereocenters. The topological polar surface area (TPSA) is 48.5 Å². The van der Waals surface area contributed by atoms with Crippen LogP contribution in [0.2, 0.25) is 0 Å². The largest absolute Gasteiger partial charge is 0.309 e. The van der Waals surface area contributed by atoms with Crippen LogP contribution in [-0.2, 0) is 0 Å². The molecule has 290 valence electrons. The third-order valence-corrected chi connectivity index (χ3v) is 12.0. The Kier molecular flexibility index (Phi) is 8.42. The highest BCUT2D eigenvalue weighted by atomic mass is 15.1. The fraction of sp³-hybridized carbons (Fsp3) is 0. The Hall–Kier alpha value is -8.41. The van der Waals surface area contributed by atoms with Gasteiger partial charge in [-0.2, -0.15) is 0 Å². The Morgan fingerprint density at radius 2 is 0.597 bits per heavy atom. The van der Waals surface area contributed by atoms with Crippen molar-refractivity contribution in [3.05, 3.63) is 224 Å². The van der Waals surface area contributed by atoms with Crippen molar-refractivity contribution in [2.24, 2.45) is 0 Å². The van der Waals surface area contributed by atoms with Gasteiger partial charge in [0.2, 0.25) is 0 Å². The monoisotopic (exact) mass is 791 g/mol.